The SMILES string of the molecule is C=C/C=C(\C=C/C)CNCCNCCNCc1ccccc1. The predicted octanol–water partition coefficient (Wildman–Crippen LogP) is 2.64. The molecule has 1 aromatic rings. The summed E-state index contributed by atoms with van der Waals surface area (Å²) in [5.74, 6) is 0. The van der Waals surface area contributed by atoms with Gasteiger partial charge < -0.3 is 16.0 Å². The predicted molar refractivity (Wildman–Crippen MR) is 97.0 cm³/mol. The van der Waals surface area contributed by atoms with Gasteiger partial charge in [-0.2, -0.15) is 0 Å². The van der Waals surface area contributed by atoms with Crippen LogP contribution in [0.25, 0.3) is 0 Å². The van der Waals surface area contributed by atoms with E-state index >= 15 is 0 Å². The topological polar surface area (TPSA) is 36.1 Å². The van der Waals surface area contributed by atoms with Gasteiger partial charge in [0.25, 0.3) is 0 Å². The normalized spacial score (nSPS) is 12.0. The summed E-state index contributed by atoms with van der Waals surface area (Å²) in [4.78, 5) is 0. The lowest BCUT2D eigenvalue weighted by Crippen LogP contribution is -2.33. The van der Waals surface area contributed by atoms with Crippen molar-refractivity contribution in [3.63, 3.8) is 0 Å². The fourth-order valence-electron chi connectivity index (χ4n) is 2.08. The Bertz CT molecular complexity index is 449. The van der Waals surface area contributed by atoms with Crippen molar-refractivity contribution < 1.29 is 0 Å². The highest BCUT2D eigenvalue weighted by atomic mass is 15.0. The van der Waals surface area contributed by atoms with Crippen LogP contribution >= 0.6 is 0 Å². The maximum Gasteiger partial charge on any atom is 0.0206 e. The minimum Gasteiger partial charge on any atom is -0.314 e. The van der Waals surface area contributed by atoms with E-state index in [4.69, 9.17) is 0 Å². The molecule has 0 amide bonds. The van der Waals surface area contributed by atoms with Crippen LogP contribution in [0.1, 0.15) is 12.5 Å². The van der Waals surface area contributed by atoms with E-state index in [-0.39, 0.29) is 0 Å². The summed E-state index contributed by atoms with van der Waals surface area (Å²) in [6.07, 6.45) is 8.02. The second-order valence-corrected chi connectivity index (χ2v) is 5.07. The van der Waals surface area contributed by atoms with Crippen LogP contribution in [-0.4, -0.2) is 32.7 Å². The van der Waals surface area contributed by atoms with E-state index < -0.39 is 0 Å². The first-order valence-electron chi connectivity index (χ1n) is 7.97. The number of rotatable bonds is 12. The van der Waals surface area contributed by atoms with Crippen molar-refractivity contribution in [1.29, 1.82) is 0 Å². The van der Waals surface area contributed by atoms with Gasteiger partial charge in [-0.15, -0.1) is 0 Å². The molecule has 3 heteroatoms. The zero-order valence-corrected chi connectivity index (χ0v) is 13.6. The van der Waals surface area contributed by atoms with Gasteiger partial charge in [0.1, 0.15) is 0 Å². The molecule has 1 aromatic carbocycles. The third-order valence-corrected chi connectivity index (χ3v) is 3.17. The first-order valence-corrected chi connectivity index (χ1v) is 7.97. The minimum absolute atomic E-state index is 0.879. The van der Waals surface area contributed by atoms with Crippen molar-refractivity contribution in [2.45, 2.75) is 13.5 Å². The van der Waals surface area contributed by atoms with Crippen molar-refractivity contribution in [3.8, 4) is 0 Å². The van der Waals surface area contributed by atoms with E-state index in [2.05, 4.69) is 52.9 Å². The third-order valence-electron chi connectivity index (χ3n) is 3.17. The quantitative estimate of drug-likeness (QED) is 0.410. The highest BCUT2D eigenvalue weighted by Crippen LogP contribution is 1.96. The van der Waals surface area contributed by atoms with Crippen LogP contribution in [0.15, 0.2) is 66.8 Å². The van der Waals surface area contributed by atoms with Crippen LogP contribution < -0.4 is 16.0 Å². The molecule has 0 aliphatic rings. The molecule has 1 rings (SSSR count). The van der Waals surface area contributed by atoms with Gasteiger partial charge in [-0.1, -0.05) is 61.2 Å². The van der Waals surface area contributed by atoms with Crippen LogP contribution in [0.2, 0.25) is 0 Å². The minimum atomic E-state index is 0.879. The molecule has 0 aromatic heterocycles. The Kier molecular flexibility index (Phi) is 10.9. The van der Waals surface area contributed by atoms with Gasteiger partial charge in [-0.25, -0.2) is 0 Å². The number of hydrogen-bond acceptors (Lipinski definition) is 3. The van der Waals surface area contributed by atoms with Gasteiger partial charge in [0.2, 0.25) is 0 Å². The Labute approximate surface area is 135 Å². The highest BCUT2D eigenvalue weighted by Gasteiger charge is 1.93. The summed E-state index contributed by atoms with van der Waals surface area (Å²) in [5.41, 5.74) is 2.58. The van der Waals surface area contributed by atoms with Gasteiger partial charge in [0, 0.05) is 39.3 Å². The van der Waals surface area contributed by atoms with E-state index in [0.717, 1.165) is 39.3 Å². The maximum atomic E-state index is 3.73. The Balaban J connectivity index is 1.95. The van der Waals surface area contributed by atoms with Crippen molar-refractivity contribution in [3.05, 3.63) is 72.4 Å². The molecule has 22 heavy (non-hydrogen) atoms. The number of allylic oxidation sites excluding steroid dienone is 3. The van der Waals surface area contributed by atoms with Crippen molar-refractivity contribution in [2.75, 3.05) is 32.7 Å². The molecule has 0 fully saturated rings. The molecule has 3 nitrogen and oxygen atoms in total. The average Bonchev–Trinajstić information content (AvgIpc) is 2.54. The molecule has 0 unspecified atom stereocenters. The van der Waals surface area contributed by atoms with Gasteiger partial charge in [0.05, 0.1) is 0 Å². The smallest absolute Gasteiger partial charge is 0.0206 e. The second kappa shape index (κ2) is 13.0. The third kappa shape index (κ3) is 9.29. The average molecular weight is 299 g/mol. The van der Waals surface area contributed by atoms with E-state index in [0.29, 0.717) is 0 Å². The zero-order chi connectivity index (χ0) is 15.9. The molecule has 0 spiro atoms. The molecule has 0 saturated carbocycles. The molecule has 0 radical (unpaired) electrons. The largest absolute Gasteiger partial charge is 0.314 e. The highest BCUT2D eigenvalue weighted by molar-refractivity contribution is 5.23. The summed E-state index contributed by atoms with van der Waals surface area (Å²) in [6, 6.07) is 10.5. The van der Waals surface area contributed by atoms with Crippen LogP contribution in [0.3, 0.4) is 0 Å². The first-order chi connectivity index (χ1) is 10.9. The van der Waals surface area contributed by atoms with Crippen molar-refractivity contribution >= 4 is 0 Å². The Hall–Kier alpha value is -1.68. The standard InChI is InChI=1S/C19H29N3/c1-3-8-18(9-4-2)16-21-14-12-20-13-15-22-17-19-10-6-5-7-11-19/h3-11,20-22H,1,12-17H2,2H3/b9-4-,18-8+. The van der Waals surface area contributed by atoms with E-state index in [1.807, 2.05) is 31.2 Å². The number of hydrogen-bond donors (Lipinski definition) is 3. The molecular weight excluding hydrogens is 270 g/mol. The molecule has 3 N–H and O–H groups in total. The molecule has 0 saturated heterocycles. The Morgan fingerprint density at radius 3 is 2.36 bits per heavy atom. The van der Waals surface area contributed by atoms with Gasteiger partial charge in [-0.05, 0) is 18.1 Å². The van der Waals surface area contributed by atoms with Gasteiger partial charge >= 0.3 is 0 Å². The van der Waals surface area contributed by atoms with Gasteiger partial charge in [-0.3, -0.25) is 0 Å². The van der Waals surface area contributed by atoms with Crippen LogP contribution in [-0.2, 0) is 6.54 Å². The fourth-order valence-corrected chi connectivity index (χ4v) is 2.08. The summed E-state index contributed by atoms with van der Waals surface area (Å²) in [5, 5.41) is 10.3. The Morgan fingerprint density at radius 1 is 1.00 bits per heavy atom. The lowest BCUT2D eigenvalue weighted by molar-refractivity contribution is 0.591. The summed E-state index contributed by atoms with van der Waals surface area (Å²) < 4.78 is 0. The van der Waals surface area contributed by atoms with E-state index in [9.17, 15) is 0 Å². The molecule has 120 valence electrons. The van der Waals surface area contributed by atoms with Crippen LogP contribution in [0, 0.1) is 0 Å². The van der Waals surface area contributed by atoms with Crippen molar-refractivity contribution in [1.82, 2.24) is 16.0 Å². The number of nitrogens with one attached hydrogen (secondary N) is 3. The monoisotopic (exact) mass is 299 g/mol. The fraction of sp³-hybridized carbons (Fsp3) is 0.368. The molecule has 0 bridgehead atoms. The van der Waals surface area contributed by atoms with E-state index in [1.54, 1.807) is 0 Å². The maximum absolute atomic E-state index is 3.73. The first kappa shape index (κ1) is 18.4. The summed E-state index contributed by atoms with van der Waals surface area (Å²) >= 11 is 0. The lowest BCUT2D eigenvalue weighted by Gasteiger charge is -2.08. The second-order valence-electron chi connectivity index (χ2n) is 5.07. The van der Waals surface area contributed by atoms with Crippen molar-refractivity contribution in [2.24, 2.45) is 0 Å². The summed E-state index contributed by atoms with van der Waals surface area (Å²) in [7, 11) is 0. The van der Waals surface area contributed by atoms with E-state index in [1.165, 1.54) is 11.1 Å². The molecule has 0 aliphatic heterocycles. The molecule has 0 heterocycles. The Morgan fingerprint density at radius 2 is 1.68 bits per heavy atom. The summed E-state index contributed by atoms with van der Waals surface area (Å²) in [6.45, 7) is 11.5. The van der Waals surface area contributed by atoms with Gasteiger partial charge in [0.15, 0.2) is 0 Å². The number of benzene rings is 1. The van der Waals surface area contributed by atoms with Crippen LogP contribution in [0.5, 0.6) is 0 Å². The molecule has 0 aliphatic carbocycles. The molecule has 0 atom stereocenters. The zero-order valence-electron chi connectivity index (χ0n) is 13.6. The molecular formula is C19H29N3. The van der Waals surface area contributed by atoms with Crippen LogP contribution in [0.4, 0.5) is 0 Å². The lowest BCUT2D eigenvalue weighted by atomic mass is 10.2.